The van der Waals surface area contributed by atoms with Crippen LogP contribution >= 0.6 is 45.7 Å². The molecule has 2 aliphatic heterocycles. The summed E-state index contributed by atoms with van der Waals surface area (Å²) in [5, 5.41) is 1.24. The molecule has 0 N–H and O–H groups in total. The monoisotopic (exact) mass is 482 g/mol. The number of nitrogens with zero attached hydrogens (tertiary/aromatic N) is 2. The minimum atomic E-state index is 0.0912. The highest BCUT2D eigenvalue weighted by atomic mass is 127. The Morgan fingerprint density at radius 3 is 2.76 bits per heavy atom. The van der Waals surface area contributed by atoms with E-state index in [0.717, 1.165) is 36.4 Å². The lowest BCUT2D eigenvalue weighted by Gasteiger charge is -2.47. The normalized spacial score (nSPS) is 25.4. The van der Waals surface area contributed by atoms with Crippen molar-refractivity contribution in [3.8, 4) is 0 Å². The molecule has 2 atom stereocenters. The largest absolute Gasteiger partial charge is 0.332 e. The van der Waals surface area contributed by atoms with Gasteiger partial charge in [-0.15, -0.1) is 23.1 Å². The van der Waals surface area contributed by atoms with Crippen LogP contribution in [0.3, 0.4) is 0 Å². The first kappa shape index (κ1) is 16.4. The number of benzene rings is 1. The summed E-state index contributed by atoms with van der Waals surface area (Å²) in [6, 6.07) is 10.2. The molecule has 0 bridgehead atoms. The van der Waals surface area contributed by atoms with E-state index in [2.05, 4.69) is 39.6 Å². The van der Waals surface area contributed by atoms with Crippen LogP contribution in [0, 0.1) is 0 Å². The van der Waals surface area contributed by atoms with Crippen LogP contribution in [0.2, 0.25) is 0 Å². The lowest BCUT2D eigenvalue weighted by Crippen LogP contribution is -2.57. The third-order valence-corrected chi connectivity index (χ3v) is 9.31. The Morgan fingerprint density at radius 2 is 1.92 bits per heavy atom. The summed E-state index contributed by atoms with van der Waals surface area (Å²) in [5.41, 5.74) is 3.46. The van der Waals surface area contributed by atoms with Crippen molar-refractivity contribution in [1.82, 2.24) is 0 Å². The first-order valence-corrected chi connectivity index (χ1v) is 11.9. The van der Waals surface area contributed by atoms with Crippen molar-refractivity contribution in [3.05, 3.63) is 46.3 Å². The van der Waals surface area contributed by atoms with E-state index in [1.807, 2.05) is 46.2 Å². The average molecular weight is 482 g/mol. The predicted molar refractivity (Wildman–Crippen MR) is 116 cm³/mol. The second-order valence-corrected chi connectivity index (χ2v) is 10.7. The van der Waals surface area contributed by atoms with Crippen molar-refractivity contribution >= 4 is 62.3 Å². The molecule has 2 aromatic rings. The molecule has 0 spiro atoms. The van der Waals surface area contributed by atoms with E-state index in [9.17, 15) is 4.79 Å². The molecule has 1 aliphatic carbocycles. The summed E-state index contributed by atoms with van der Waals surface area (Å²) in [4.78, 5) is 19.6. The fraction of sp³-hybridized carbons (Fsp3) is 0.421. The van der Waals surface area contributed by atoms with Gasteiger partial charge in [0.25, 0.3) is 5.91 Å². The zero-order valence-electron chi connectivity index (χ0n) is 13.8. The van der Waals surface area contributed by atoms with Crippen LogP contribution in [0.1, 0.15) is 33.6 Å². The summed E-state index contributed by atoms with van der Waals surface area (Å²) in [5.74, 6) is 1.31. The third-order valence-electron chi connectivity index (χ3n) is 5.19. The molecule has 1 saturated heterocycles. The highest BCUT2D eigenvalue weighted by Crippen LogP contribution is 2.49. The number of aryl methyl sites for hydroxylation is 1. The van der Waals surface area contributed by atoms with Gasteiger partial charge in [0.2, 0.25) is 0 Å². The van der Waals surface area contributed by atoms with Crippen LogP contribution in [0.15, 0.2) is 30.3 Å². The number of hydrogen-bond acceptors (Lipinski definition) is 4. The van der Waals surface area contributed by atoms with Gasteiger partial charge in [0, 0.05) is 26.8 Å². The van der Waals surface area contributed by atoms with Crippen molar-refractivity contribution in [1.29, 1.82) is 0 Å². The molecule has 5 rings (SSSR count). The van der Waals surface area contributed by atoms with Crippen LogP contribution in [0.4, 0.5) is 10.7 Å². The minimum absolute atomic E-state index is 0.0912. The van der Waals surface area contributed by atoms with Gasteiger partial charge in [-0.05, 0) is 43.4 Å². The van der Waals surface area contributed by atoms with Gasteiger partial charge in [-0.2, -0.15) is 0 Å². The summed E-state index contributed by atoms with van der Waals surface area (Å²) >= 11 is 6.35. The quantitative estimate of drug-likeness (QED) is 0.426. The number of para-hydroxylation sites is 1. The van der Waals surface area contributed by atoms with Crippen LogP contribution in [0.25, 0.3) is 0 Å². The Bertz CT molecular complexity index is 822. The number of anilines is 2. The fourth-order valence-corrected chi connectivity index (χ4v) is 7.81. The van der Waals surface area contributed by atoms with E-state index < -0.39 is 0 Å². The lowest BCUT2D eigenvalue weighted by atomic mass is 9.94. The second-order valence-electron chi connectivity index (χ2n) is 6.81. The van der Waals surface area contributed by atoms with Gasteiger partial charge in [0.05, 0.1) is 5.56 Å². The third kappa shape index (κ3) is 2.63. The molecule has 0 radical (unpaired) electrons. The highest BCUT2D eigenvalue weighted by molar-refractivity contribution is 14.1. The molecule has 0 unspecified atom stereocenters. The van der Waals surface area contributed by atoms with Gasteiger partial charge in [-0.3, -0.25) is 9.69 Å². The number of carbonyl (C=O) groups excluding carboxylic acids is 1. The van der Waals surface area contributed by atoms with Gasteiger partial charge in [-0.1, -0.05) is 40.8 Å². The van der Waals surface area contributed by atoms with Gasteiger partial charge in [0.1, 0.15) is 5.00 Å². The van der Waals surface area contributed by atoms with Crippen molar-refractivity contribution in [2.75, 3.05) is 22.1 Å². The summed E-state index contributed by atoms with van der Waals surface area (Å²) in [6.07, 6.45) is 4.68. The van der Waals surface area contributed by atoms with Gasteiger partial charge < -0.3 is 4.90 Å². The van der Waals surface area contributed by atoms with Crippen LogP contribution in [-0.2, 0) is 12.8 Å². The minimum Gasteiger partial charge on any atom is -0.332 e. The molecule has 1 amide bonds. The molecule has 1 aromatic carbocycles. The maximum atomic E-state index is 13.6. The number of alkyl halides is 1. The molecular weight excluding hydrogens is 463 g/mol. The van der Waals surface area contributed by atoms with E-state index in [1.165, 1.54) is 28.3 Å². The molecule has 3 heterocycles. The molecule has 6 heteroatoms. The second kappa shape index (κ2) is 6.46. The SMILES string of the molecule is O=C1c2c(sc3c2CCCC3)N2C[C@@H](I)CS[C@H]2N1c1ccccc1. The Morgan fingerprint density at radius 1 is 1.12 bits per heavy atom. The number of rotatable bonds is 1. The molecule has 130 valence electrons. The Labute approximate surface area is 169 Å². The average Bonchev–Trinajstić information content (AvgIpc) is 3.03. The predicted octanol–water partition coefficient (Wildman–Crippen LogP) is 4.93. The van der Waals surface area contributed by atoms with Gasteiger partial charge in [-0.25, -0.2) is 0 Å². The van der Waals surface area contributed by atoms with Crippen molar-refractivity contribution < 1.29 is 4.79 Å². The standard InChI is InChI=1S/C19H19IN2OS2/c20-12-10-21-18-16(14-8-4-5-9-15(14)25-18)17(23)22(19(21)24-11-12)13-6-2-1-3-7-13/h1-3,6-7,12,19H,4-5,8-11H2/t12-,19-/m1/s1. The number of carbonyl (C=O) groups is 1. The lowest BCUT2D eigenvalue weighted by molar-refractivity contribution is 0.0978. The van der Waals surface area contributed by atoms with Gasteiger partial charge in [0.15, 0.2) is 5.50 Å². The molecule has 0 saturated carbocycles. The maximum Gasteiger partial charge on any atom is 0.263 e. The van der Waals surface area contributed by atoms with Crippen LogP contribution in [0.5, 0.6) is 0 Å². The van der Waals surface area contributed by atoms with E-state index in [0.29, 0.717) is 3.92 Å². The Hall–Kier alpha value is -0.730. The zero-order valence-corrected chi connectivity index (χ0v) is 17.6. The number of amides is 1. The summed E-state index contributed by atoms with van der Waals surface area (Å²) < 4.78 is 0.622. The van der Waals surface area contributed by atoms with E-state index in [1.54, 1.807) is 0 Å². The first-order chi connectivity index (χ1) is 12.2. The molecule has 25 heavy (non-hydrogen) atoms. The summed E-state index contributed by atoms with van der Waals surface area (Å²) in [6.45, 7) is 1.03. The van der Waals surface area contributed by atoms with Crippen molar-refractivity contribution in [2.24, 2.45) is 0 Å². The van der Waals surface area contributed by atoms with Crippen molar-refractivity contribution in [3.63, 3.8) is 0 Å². The Kier molecular flexibility index (Phi) is 4.25. The molecule has 3 nitrogen and oxygen atoms in total. The van der Waals surface area contributed by atoms with Crippen molar-refractivity contribution in [2.45, 2.75) is 35.1 Å². The highest BCUT2D eigenvalue weighted by Gasteiger charge is 2.45. The van der Waals surface area contributed by atoms with E-state index in [-0.39, 0.29) is 11.4 Å². The summed E-state index contributed by atoms with van der Waals surface area (Å²) in [7, 11) is 0. The number of fused-ring (bicyclic) bond motifs is 5. The maximum absolute atomic E-state index is 13.6. The number of thioether (sulfide) groups is 1. The fourth-order valence-electron chi connectivity index (χ4n) is 4.06. The molecular formula is C19H19IN2OS2. The van der Waals surface area contributed by atoms with Gasteiger partial charge >= 0.3 is 0 Å². The van der Waals surface area contributed by atoms with E-state index >= 15 is 0 Å². The number of halogens is 1. The number of hydrogen-bond donors (Lipinski definition) is 0. The first-order valence-electron chi connectivity index (χ1n) is 8.79. The van der Waals surface area contributed by atoms with Crippen LogP contribution in [-0.4, -0.2) is 27.6 Å². The molecule has 3 aliphatic rings. The van der Waals surface area contributed by atoms with Crippen LogP contribution < -0.4 is 9.80 Å². The molecule has 1 fully saturated rings. The van der Waals surface area contributed by atoms with E-state index in [4.69, 9.17) is 0 Å². The molecule has 1 aromatic heterocycles. The zero-order chi connectivity index (χ0) is 17.0. The smallest absolute Gasteiger partial charge is 0.263 e. The Balaban J connectivity index is 1.68. The topological polar surface area (TPSA) is 23.6 Å². The number of thiophene rings is 1.